The number of nitrogens with zero attached hydrogens (tertiary/aromatic N) is 3. The Bertz CT molecular complexity index is 742. The van der Waals surface area contributed by atoms with Gasteiger partial charge in [0.2, 0.25) is 5.91 Å². The molecule has 2 heterocycles. The standard InChI is InChI=1S/C17H19BrClN3O/c1-21(2)17(23)11-5-7-22(8-6-11)15-4-3-12-9-13(18)10-14(19)16(12)20-15/h3-4,9-11H,5-8H2,1-2H3. The Kier molecular flexibility index (Phi) is 4.78. The molecule has 0 radical (unpaired) electrons. The SMILES string of the molecule is CN(C)C(=O)C1CCN(c2ccc3cc(Br)cc(Cl)c3n2)CC1. The van der Waals surface area contributed by atoms with Crippen LogP contribution in [0.5, 0.6) is 0 Å². The Morgan fingerprint density at radius 3 is 2.65 bits per heavy atom. The van der Waals surface area contributed by atoms with Crippen molar-refractivity contribution in [3.8, 4) is 0 Å². The van der Waals surface area contributed by atoms with E-state index < -0.39 is 0 Å². The van der Waals surface area contributed by atoms with Crippen molar-refractivity contribution in [3.63, 3.8) is 0 Å². The predicted octanol–water partition coefficient (Wildman–Crippen LogP) is 3.96. The number of fused-ring (bicyclic) bond motifs is 1. The average molecular weight is 397 g/mol. The molecule has 122 valence electrons. The van der Waals surface area contributed by atoms with E-state index in [1.54, 1.807) is 4.90 Å². The number of piperidine rings is 1. The summed E-state index contributed by atoms with van der Waals surface area (Å²) in [5.74, 6) is 1.28. The first-order valence-electron chi connectivity index (χ1n) is 7.67. The quantitative estimate of drug-likeness (QED) is 0.771. The number of rotatable bonds is 2. The third-order valence-corrected chi connectivity index (χ3v) is 5.05. The van der Waals surface area contributed by atoms with Gasteiger partial charge in [-0.25, -0.2) is 4.98 Å². The van der Waals surface area contributed by atoms with E-state index in [-0.39, 0.29) is 11.8 Å². The fraction of sp³-hybridized carbons (Fsp3) is 0.412. The van der Waals surface area contributed by atoms with E-state index in [0.29, 0.717) is 5.02 Å². The highest BCUT2D eigenvalue weighted by atomic mass is 79.9. The fourth-order valence-electron chi connectivity index (χ4n) is 3.04. The lowest BCUT2D eigenvalue weighted by molar-refractivity contribution is -0.133. The molecule has 1 saturated heterocycles. The maximum Gasteiger partial charge on any atom is 0.225 e. The molecule has 0 N–H and O–H groups in total. The normalized spacial score (nSPS) is 15.9. The van der Waals surface area contributed by atoms with Gasteiger partial charge < -0.3 is 9.80 Å². The molecular weight excluding hydrogens is 378 g/mol. The van der Waals surface area contributed by atoms with Crippen molar-refractivity contribution >= 4 is 50.2 Å². The zero-order chi connectivity index (χ0) is 16.6. The minimum Gasteiger partial charge on any atom is -0.357 e. The number of hydrogen-bond acceptors (Lipinski definition) is 3. The van der Waals surface area contributed by atoms with Crippen LogP contribution in [0.3, 0.4) is 0 Å². The van der Waals surface area contributed by atoms with Gasteiger partial charge in [0.25, 0.3) is 0 Å². The molecule has 1 aromatic heterocycles. The third-order valence-electron chi connectivity index (χ3n) is 4.30. The second-order valence-corrected chi connectivity index (χ2v) is 7.45. The molecule has 0 aliphatic carbocycles. The number of anilines is 1. The van der Waals surface area contributed by atoms with E-state index in [1.807, 2.05) is 38.4 Å². The Hall–Kier alpha value is -1.33. The van der Waals surface area contributed by atoms with Crippen molar-refractivity contribution in [3.05, 3.63) is 33.8 Å². The lowest BCUT2D eigenvalue weighted by Crippen LogP contribution is -2.40. The summed E-state index contributed by atoms with van der Waals surface area (Å²) in [6.07, 6.45) is 1.73. The summed E-state index contributed by atoms with van der Waals surface area (Å²) >= 11 is 9.76. The summed E-state index contributed by atoms with van der Waals surface area (Å²) in [4.78, 5) is 20.7. The van der Waals surface area contributed by atoms with E-state index in [9.17, 15) is 4.79 Å². The molecule has 4 nitrogen and oxygen atoms in total. The van der Waals surface area contributed by atoms with Crippen LogP contribution in [0, 0.1) is 5.92 Å². The summed E-state index contributed by atoms with van der Waals surface area (Å²) in [5, 5.41) is 1.67. The number of carbonyl (C=O) groups excluding carboxylic acids is 1. The number of pyridine rings is 1. The number of aromatic nitrogens is 1. The summed E-state index contributed by atoms with van der Waals surface area (Å²) in [5.41, 5.74) is 0.818. The molecule has 3 rings (SSSR count). The highest BCUT2D eigenvalue weighted by molar-refractivity contribution is 9.10. The van der Waals surface area contributed by atoms with Crippen LogP contribution in [-0.2, 0) is 4.79 Å². The zero-order valence-electron chi connectivity index (χ0n) is 13.2. The van der Waals surface area contributed by atoms with Gasteiger partial charge in [-0.1, -0.05) is 27.5 Å². The molecule has 0 bridgehead atoms. The van der Waals surface area contributed by atoms with Crippen molar-refractivity contribution in [2.45, 2.75) is 12.8 Å². The molecule has 0 spiro atoms. The van der Waals surface area contributed by atoms with Crippen LogP contribution in [0.15, 0.2) is 28.7 Å². The monoisotopic (exact) mass is 395 g/mol. The van der Waals surface area contributed by atoms with Gasteiger partial charge in [-0.15, -0.1) is 0 Å². The molecule has 0 atom stereocenters. The van der Waals surface area contributed by atoms with Crippen molar-refractivity contribution < 1.29 is 4.79 Å². The first-order valence-corrected chi connectivity index (χ1v) is 8.84. The van der Waals surface area contributed by atoms with Crippen LogP contribution in [0.4, 0.5) is 5.82 Å². The number of benzene rings is 1. The topological polar surface area (TPSA) is 36.4 Å². The van der Waals surface area contributed by atoms with E-state index in [4.69, 9.17) is 16.6 Å². The third kappa shape index (κ3) is 3.45. The molecule has 23 heavy (non-hydrogen) atoms. The van der Waals surface area contributed by atoms with Gasteiger partial charge in [-0.05, 0) is 37.1 Å². The summed E-state index contributed by atoms with van der Waals surface area (Å²) in [7, 11) is 3.64. The molecule has 0 saturated carbocycles. The smallest absolute Gasteiger partial charge is 0.225 e. The summed E-state index contributed by atoms with van der Waals surface area (Å²) < 4.78 is 0.951. The van der Waals surface area contributed by atoms with Crippen molar-refractivity contribution in [1.29, 1.82) is 0 Å². The minimum atomic E-state index is 0.126. The van der Waals surface area contributed by atoms with Gasteiger partial charge >= 0.3 is 0 Å². The molecule has 1 aliphatic rings. The summed E-state index contributed by atoms with van der Waals surface area (Å²) in [6.45, 7) is 1.69. The molecular formula is C17H19BrClN3O. The van der Waals surface area contributed by atoms with Crippen molar-refractivity contribution in [2.24, 2.45) is 5.92 Å². The van der Waals surface area contributed by atoms with Crippen LogP contribution >= 0.6 is 27.5 Å². The van der Waals surface area contributed by atoms with Gasteiger partial charge in [0.15, 0.2) is 0 Å². The van der Waals surface area contributed by atoms with E-state index in [2.05, 4.69) is 20.8 Å². The van der Waals surface area contributed by atoms with Crippen LogP contribution in [0.2, 0.25) is 5.02 Å². The van der Waals surface area contributed by atoms with Crippen molar-refractivity contribution in [2.75, 3.05) is 32.1 Å². The molecule has 6 heteroatoms. The maximum atomic E-state index is 12.1. The fourth-order valence-corrected chi connectivity index (χ4v) is 3.92. The maximum absolute atomic E-state index is 12.1. The van der Waals surface area contributed by atoms with Gasteiger partial charge in [0.1, 0.15) is 5.82 Å². The average Bonchev–Trinajstić information content (AvgIpc) is 2.54. The molecule has 1 fully saturated rings. The lowest BCUT2D eigenvalue weighted by Gasteiger charge is -2.33. The Morgan fingerprint density at radius 1 is 1.30 bits per heavy atom. The van der Waals surface area contributed by atoms with Gasteiger partial charge in [-0.2, -0.15) is 0 Å². The number of halogens is 2. The molecule has 1 amide bonds. The van der Waals surface area contributed by atoms with E-state index in [0.717, 1.165) is 47.1 Å². The van der Waals surface area contributed by atoms with Gasteiger partial charge in [0.05, 0.1) is 10.5 Å². The number of hydrogen-bond donors (Lipinski definition) is 0. The molecule has 0 unspecified atom stereocenters. The van der Waals surface area contributed by atoms with Crippen LogP contribution in [0.1, 0.15) is 12.8 Å². The zero-order valence-corrected chi connectivity index (χ0v) is 15.6. The van der Waals surface area contributed by atoms with Crippen LogP contribution in [0.25, 0.3) is 10.9 Å². The predicted molar refractivity (Wildman–Crippen MR) is 98.1 cm³/mol. The second kappa shape index (κ2) is 6.65. The largest absolute Gasteiger partial charge is 0.357 e. The first-order chi connectivity index (χ1) is 11.0. The first kappa shape index (κ1) is 16.5. The molecule has 2 aromatic rings. The lowest BCUT2D eigenvalue weighted by atomic mass is 9.95. The Morgan fingerprint density at radius 2 is 2.00 bits per heavy atom. The minimum absolute atomic E-state index is 0.126. The summed E-state index contributed by atoms with van der Waals surface area (Å²) in [6, 6.07) is 7.95. The van der Waals surface area contributed by atoms with Crippen molar-refractivity contribution in [1.82, 2.24) is 9.88 Å². The van der Waals surface area contributed by atoms with Gasteiger partial charge in [-0.3, -0.25) is 4.79 Å². The molecule has 1 aliphatic heterocycles. The highest BCUT2D eigenvalue weighted by Gasteiger charge is 2.26. The Labute approximate surface area is 149 Å². The van der Waals surface area contributed by atoms with Crippen LogP contribution < -0.4 is 4.90 Å². The van der Waals surface area contributed by atoms with Crippen LogP contribution in [-0.4, -0.2) is 43.0 Å². The van der Waals surface area contributed by atoms with Gasteiger partial charge in [0, 0.05) is 43.0 Å². The van der Waals surface area contributed by atoms with E-state index in [1.165, 1.54) is 0 Å². The number of carbonyl (C=O) groups is 1. The Balaban J connectivity index is 1.79. The van der Waals surface area contributed by atoms with E-state index >= 15 is 0 Å². The molecule has 1 aromatic carbocycles. The highest BCUT2D eigenvalue weighted by Crippen LogP contribution is 2.30. The second-order valence-electron chi connectivity index (χ2n) is 6.12. The number of amides is 1.